The fraction of sp³-hybridized carbons (Fsp3) is 0.941. The van der Waals surface area contributed by atoms with Crippen LogP contribution >= 0.6 is 0 Å². The number of carbonyl (C=O) groups excluding carboxylic acids is 1. The number of hydrogen-bond acceptors (Lipinski definition) is 3. The Kier molecular flexibility index (Phi) is 8.93. The van der Waals surface area contributed by atoms with E-state index >= 15 is 0 Å². The van der Waals surface area contributed by atoms with Gasteiger partial charge < -0.3 is 10.1 Å². The van der Waals surface area contributed by atoms with E-state index in [1.807, 2.05) is 0 Å². The molecule has 1 N–H and O–H groups in total. The highest BCUT2D eigenvalue weighted by Crippen LogP contribution is 2.15. The van der Waals surface area contributed by atoms with E-state index in [-0.39, 0.29) is 11.8 Å². The Bertz CT molecular complexity index is 289. The minimum atomic E-state index is 0.183. The van der Waals surface area contributed by atoms with E-state index in [9.17, 15) is 4.79 Å². The van der Waals surface area contributed by atoms with Gasteiger partial charge >= 0.3 is 0 Å². The first-order chi connectivity index (χ1) is 10.1. The van der Waals surface area contributed by atoms with Crippen LogP contribution in [0.5, 0.6) is 0 Å². The van der Waals surface area contributed by atoms with E-state index < -0.39 is 0 Å². The van der Waals surface area contributed by atoms with Gasteiger partial charge in [0, 0.05) is 31.6 Å². The van der Waals surface area contributed by atoms with Crippen molar-refractivity contribution in [1.29, 1.82) is 0 Å². The number of rotatable bonds is 9. The van der Waals surface area contributed by atoms with Gasteiger partial charge in [-0.25, -0.2) is 0 Å². The molecule has 1 heterocycles. The summed E-state index contributed by atoms with van der Waals surface area (Å²) >= 11 is 0. The lowest BCUT2D eigenvalue weighted by Gasteiger charge is -2.37. The van der Waals surface area contributed by atoms with Crippen LogP contribution in [0.4, 0.5) is 0 Å². The van der Waals surface area contributed by atoms with Crippen LogP contribution in [-0.2, 0) is 9.53 Å². The average Bonchev–Trinajstić information content (AvgIpc) is 2.49. The zero-order valence-corrected chi connectivity index (χ0v) is 14.4. The molecule has 1 rings (SSSR count). The molecule has 0 aromatic heterocycles. The summed E-state index contributed by atoms with van der Waals surface area (Å²) < 4.78 is 5.43. The minimum Gasteiger partial charge on any atom is -0.379 e. The van der Waals surface area contributed by atoms with Crippen molar-refractivity contribution in [2.45, 2.75) is 59.4 Å². The number of nitrogens with zero attached hydrogens (tertiary/aromatic N) is 1. The minimum absolute atomic E-state index is 0.183. The molecule has 0 radical (unpaired) electrons. The largest absolute Gasteiger partial charge is 0.379 e. The van der Waals surface area contributed by atoms with Crippen LogP contribution in [0.1, 0.15) is 53.4 Å². The fourth-order valence-corrected chi connectivity index (χ4v) is 3.02. The summed E-state index contributed by atoms with van der Waals surface area (Å²) in [5.74, 6) is 0.964. The van der Waals surface area contributed by atoms with E-state index in [0.717, 1.165) is 58.5 Å². The summed E-state index contributed by atoms with van der Waals surface area (Å²) in [5.41, 5.74) is 0. The molecule has 1 amide bonds. The Morgan fingerprint density at radius 3 is 2.43 bits per heavy atom. The number of amides is 1. The van der Waals surface area contributed by atoms with Gasteiger partial charge in [-0.2, -0.15) is 0 Å². The molecule has 0 spiro atoms. The number of ether oxygens (including phenoxy) is 1. The number of nitrogens with one attached hydrogen (secondary N) is 1. The highest BCUT2D eigenvalue weighted by molar-refractivity contribution is 5.78. The van der Waals surface area contributed by atoms with Crippen molar-refractivity contribution in [2.75, 3.05) is 32.8 Å². The second-order valence-electron chi connectivity index (χ2n) is 6.45. The van der Waals surface area contributed by atoms with Gasteiger partial charge in [-0.3, -0.25) is 9.69 Å². The second-order valence-corrected chi connectivity index (χ2v) is 6.45. The van der Waals surface area contributed by atoms with Crippen molar-refractivity contribution >= 4 is 5.91 Å². The summed E-state index contributed by atoms with van der Waals surface area (Å²) in [6, 6.07) is 0.418. The molecule has 21 heavy (non-hydrogen) atoms. The molecule has 1 saturated heterocycles. The first kappa shape index (κ1) is 18.4. The lowest BCUT2D eigenvalue weighted by molar-refractivity contribution is -0.125. The molecule has 0 saturated carbocycles. The summed E-state index contributed by atoms with van der Waals surface area (Å²) in [5, 5.41) is 3.20. The third-order valence-corrected chi connectivity index (χ3v) is 4.54. The summed E-state index contributed by atoms with van der Waals surface area (Å²) in [4.78, 5) is 14.8. The van der Waals surface area contributed by atoms with Crippen molar-refractivity contribution in [2.24, 2.45) is 11.8 Å². The molecule has 1 aliphatic heterocycles. The number of unbranched alkanes of at least 4 members (excludes halogenated alkanes) is 1. The van der Waals surface area contributed by atoms with Gasteiger partial charge in [0.25, 0.3) is 0 Å². The zero-order valence-electron chi connectivity index (χ0n) is 14.4. The Hall–Kier alpha value is -0.610. The normalized spacial score (nSPS) is 19.5. The maximum Gasteiger partial charge on any atom is 0.223 e. The van der Waals surface area contributed by atoms with Crippen LogP contribution in [0.3, 0.4) is 0 Å². The Labute approximate surface area is 130 Å². The molecule has 0 aliphatic carbocycles. The average molecular weight is 298 g/mol. The van der Waals surface area contributed by atoms with E-state index in [1.54, 1.807) is 0 Å². The molecule has 4 nitrogen and oxygen atoms in total. The predicted molar refractivity (Wildman–Crippen MR) is 87.3 cm³/mol. The van der Waals surface area contributed by atoms with Crippen LogP contribution < -0.4 is 5.32 Å². The standard InChI is InChI=1S/C17H34N2O2/c1-5-7-8-15(6-2)17(20)18-13-16(14(3)4)19-9-11-21-12-10-19/h14-16H,5-13H2,1-4H3,(H,18,20). The van der Waals surface area contributed by atoms with Crippen LogP contribution in [0.15, 0.2) is 0 Å². The topological polar surface area (TPSA) is 41.6 Å². The molecule has 1 aliphatic rings. The van der Waals surface area contributed by atoms with Crippen molar-refractivity contribution in [3.05, 3.63) is 0 Å². The van der Waals surface area contributed by atoms with Crippen molar-refractivity contribution in [3.63, 3.8) is 0 Å². The van der Waals surface area contributed by atoms with Crippen LogP contribution in [0.25, 0.3) is 0 Å². The second kappa shape index (κ2) is 10.2. The van der Waals surface area contributed by atoms with E-state index in [4.69, 9.17) is 4.74 Å². The molecule has 0 bridgehead atoms. The highest BCUT2D eigenvalue weighted by Gasteiger charge is 2.25. The van der Waals surface area contributed by atoms with Crippen molar-refractivity contribution < 1.29 is 9.53 Å². The summed E-state index contributed by atoms with van der Waals surface area (Å²) in [6.45, 7) is 13.1. The third kappa shape index (κ3) is 6.35. The fourth-order valence-electron chi connectivity index (χ4n) is 3.02. The van der Waals surface area contributed by atoms with Gasteiger partial charge in [0.1, 0.15) is 0 Å². The van der Waals surface area contributed by atoms with Crippen LogP contribution in [0.2, 0.25) is 0 Å². The molecule has 2 atom stereocenters. The molecular formula is C17H34N2O2. The Morgan fingerprint density at radius 1 is 1.24 bits per heavy atom. The maximum absolute atomic E-state index is 12.3. The number of hydrogen-bond donors (Lipinski definition) is 1. The summed E-state index contributed by atoms with van der Waals surface area (Å²) in [6.07, 6.45) is 4.26. The Morgan fingerprint density at radius 2 is 1.90 bits per heavy atom. The van der Waals surface area contributed by atoms with E-state index in [2.05, 4.69) is 37.9 Å². The summed E-state index contributed by atoms with van der Waals surface area (Å²) in [7, 11) is 0. The zero-order chi connectivity index (χ0) is 15.7. The van der Waals surface area contributed by atoms with Gasteiger partial charge in [-0.1, -0.05) is 40.5 Å². The van der Waals surface area contributed by atoms with Gasteiger partial charge in [-0.05, 0) is 18.8 Å². The molecule has 0 aromatic carbocycles. The quantitative estimate of drug-likeness (QED) is 0.711. The van der Waals surface area contributed by atoms with Crippen molar-refractivity contribution in [3.8, 4) is 0 Å². The monoisotopic (exact) mass is 298 g/mol. The molecule has 124 valence electrons. The highest BCUT2D eigenvalue weighted by atomic mass is 16.5. The van der Waals surface area contributed by atoms with Gasteiger partial charge in [0.05, 0.1) is 13.2 Å². The number of carbonyl (C=O) groups is 1. The van der Waals surface area contributed by atoms with Crippen molar-refractivity contribution in [1.82, 2.24) is 10.2 Å². The Balaban J connectivity index is 2.45. The predicted octanol–water partition coefficient (Wildman–Crippen LogP) is 2.68. The lowest BCUT2D eigenvalue weighted by atomic mass is 9.97. The molecular weight excluding hydrogens is 264 g/mol. The van der Waals surface area contributed by atoms with Gasteiger partial charge in [0.15, 0.2) is 0 Å². The van der Waals surface area contributed by atoms with E-state index in [0.29, 0.717) is 12.0 Å². The molecule has 2 unspecified atom stereocenters. The number of morpholine rings is 1. The van der Waals surface area contributed by atoms with Gasteiger partial charge in [0.2, 0.25) is 5.91 Å². The smallest absolute Gasteiger partial charge is 0.223 e. The van der Waals surface area contributed by atoms with Crippen LogP contribution in [0, 0.1) is 11.8 Å². The molecule has 0 aromatic rings. The maximum atomic E-state index is 12.3. The van der Waals surface area contributed by atoms with E-state index in [1.165, 1.54) is 0 Å². The first-order valence-corrected chi connectivity index (χ1v) is 8.69. The van der Waals surface area contributed by atoms with Crippen LogP contribution in [-0.4, -0.2) is 49.7 Å². The lowest BCUT2D eigenvalue weighted by Crippen LogP contribution is -2.51. The van der Waals surface area contributed by atoms with Gasteiger partial charge in [-0.15, -0.1) is 0 Å². The SMILES string of the molecule is CCCCC(CC)C(=O)NCC(C(C)C)N1CCOCC1. The molecule has 4 heteroatoms. The molecule has 1 fully saturated rings. The first-order valence-electron chi connectivity index (χ1n) is 8.69. The third-order valence-electron chi connectivity index (χ3n) is 4.54.